The number of nitrogens with zero attached hydrogens (tertiary/aromatic N) is 2. The number of aromatic nitrogens is 1. The Bertz CT molecular complexity index is 1410. The molecule has 190 valence electrons. The number of carbonyl (C=O) groups is 2. The van der Waals surface area contributed by atoms with Crippen LogP contribution in [0, 0.1) is 12.3 Å². The van der Waals surface area contributed by atoms with Gasteiger partial charge in [0.25, 0.3) is 0 Å². The first-order valence-electron chi connectivity index (χ1n) is 12.9. The average molecular weight is 497 g/mol. The summed E-state index contributed by atoms with van der Waals surface area (Å²) in [6.45, 7) is 6.07. The molecule has 37 heavy (non-hydrogen) atoms. The predicted octanol–water partition coefficient (Wildman–Crippen LogP) is 6.80. The summed E-state index contributed by atoms with van der Waals surface area (Å²) in [6, 6.07) is 17.7. The number of aliphatic imine (C=N–C) groups is 1. The first-order chi connectivity index (χ1) is 17.7. The Kier molecular flexibility index (Phi) is 6.67. The number of aliphatic hydroxyl groups excluding tert-OH is 1. The summed E-state index contributed by atoms with van der Waals surface area (Å²) >= 11 is 0. The average Bonchev–Trinajstić information content (AvgIpc) is 3.27. The Balaban J connectivity index is 1.40. The van der Waals surface area contributed by atoms with Crippen molar-refractivity contribution < 1.29 is 19.2 Å². The highest BCUT2D eigenvalue weighted by Crippen LogP contribution is 2.38. The first kappa shape index (κ1) is 24.9. The summed E-state index contributed by atoms with van der Waals surface area (Å²) in [4.78, 5) is 31.0. The van der Waals surface area contributed by atoms with Gasteiger partial charge in [-0.15, -0.1) is 0 Å². The molecule has 5 rings (SSSR count). The van der Waals surface area contributed by atoms with Crippen molar-refractivity contribution in [3.05, 3.63) is 94.1 Å². The molecule has 0 saturated heterocycles. The minimum Gasteiger partial charge on any atom is -0.511 e. The second-order valence-electron chi connectivity index (χ2n) is 11.0. The minimum absolute atomic E-state index is 0.00463. The number of benzene rings is 2. The molecule has 6 nitrogen and oxygen atoms in total. The number of allylic oxidation sites excluding steroid dienone is 2. The number of ketones is 2. The fourth-order valence-electron chi connectivity index (χ4n) is 5.48. The highest BCUT2D eigenvalue weighted by Gasteiger charge is 2.37. The molecule has 6 heteroatoms. The summed E-state index contributed by atoms with van der Waals surface area (Å²) in [6.07, 6.45) is 2.45. The zero-order valence-electron chi connectivity index (χ0n) is 21.6. The molecule has 1 atom stereocenters. The summed E-state index contributed by atoms with van der Waals surface area (Å²) in [7, 11) is 0. The van der Waals surface area contributed by atoms with Gasteiger partial charge in [-0.1, -0.05) is 67.5 Å². The molecule has 0 radical (unpaired) electrons. The molecule has 0 spiro atoms. The van der Waals surface area contributed by atoms with Crippen LogP contribution in [0.15, 0.2) is 75.4 Å². The van der Waals surface area contributed by atoms with Crippen LogP contribution in [0.3, 0.4) is 0 Å². The van der Waals surface area contributed by atoms with E-state index in [-0.39, 0.29) is 35.1 Å². The number of hydrogen-bond donors (Lipinski definition) is 1. The van der Waals surface area contributed by atoms with Gasteiger partial charge >= 0.3 is 0 Å². The van der Waals surface area contributed by atoms with E-state index in [1.54, 1.807) is 0 Å². The van der Waals surface area contributed by atoms with Crippen molar-refractivity contribution >= 4 is 23.0 Å². The third kappa shape index (κ3) is 5.19. The van der Waals surface area contributed by atoms with E-state index in [0.29, 0.717) is 60.4 Å². The zero-order valence-corrected chi connectivity index (χ0v) is 21.6. The van der Waals surface area contributed by atoms with Gasteiger partial charge in [0.1, 0.15) is 11.5 Å². The maximum atomic E-state index is 13.2. The Labute approximate surface area is 217 Å². The Hall–Kier alpha value is -3.80. The van der Waals surface area contributed by atoms with Crippen LogP contribution >= 0.6 is 0 Å². The largest absolute Gasteiger partial charge is 0.511 e. The summed E-state index contributed by atoms with van der Waals surface area (Å²) < 4.78 is 5.59. The number of aliphatic hydroxyl groups is 1. The van der Waals surface area contributed by atoms with Gasteiger partial charge in [-0.25, -0.2) is 0 Å². The molecular formula is C31H32N2O4. The topological polar surface area (TPSA) is 92.8 Å². The highest BCUT2D eigenvalue weighted by atomic mass is 16.5. The van der Waals surface area contributed by atoms with Crippen molar-refractivity contribution in [1.82, 2.24) is 5.16 Å². The smallest absolute Gasteiger partial charge is 0.168 e. The number of hydrogen-bond acceptors (Lipinski definition) is 6. The van der Waals surface area contributed by atoms with Crippen LogP contribution in [0.25, 0.3) is 0 Å². The molecule has 2 aromatic carbocycles. The molecule has 1 saturated carbocycles. The maximum Gasteiger partial charge on any atom is 0.168 e. The fraction of sp³-hybridized carbons (Fsp3) is 0.355. The summed E-state index contributed by atoms with van der Waals surface area (Å²) in [5.74, 6) is 0.571. The van der Waals surface area contributed by atoms with E-state index in [1.807, 2.05) is 75.4 Å². The number of Topliss-reactive ketones (excluding diaryl/α,β-unsaturated/α-hetero) is 2. The molecule has 1 unspecified atom stereocenters. The van der Waals surface area contributed by atoms with Crippen molar-refractivity contribution in [2.75, 3.05) is 0 Å². The molecule has 2 aliphatic carbocycles. The van der Waals surface area contributed by atoms with Gasteiger partial charge in [-0.3, -0.25) is 14.6 Å². The van der Waals surface area contributed by atoms with Gasteiger partial charge in [0.15, 0.2) is 11.6 Å². The van der Waals surface area contributed by atoms with Crippen LogP contribution in [0.2, 0.25) is 0 Å². The van der Waals surface area contributed by atoms with Crippen LogP contribution < -0.4 is 0 Å². The monoisotopic (exact) mass is 496 g/mol. The van der Waals surface area contributed by atoms with E-state index in [1.165, 1.54) is 0 Å². The second kappa shape index (κ2) is 9.92. The van der Waals surface area contributed by atoms with E-state index in [4.69, 9.17) is 9.52 Å². The van der Waals surface area contributed by atoms with Gasteiger partial charge < -0.3 is 9.63 Å². The normalized spacial score (nSPS) is 21.7. The van der Waals surface area contributed by atoms with E-state index >= 15 is 0 Å². The van der Waals surface area contributed by atoms with Crippen LogP contribution in [-0.2, 0) is 17.6 Å². The highest BCUT2D eigenvalue weighted by molar-refractivity contribution is 6.25. The second-order valence-corrected chi connectivity index (χ2v) is 11.0. The molecule has 0 aliphatic heterocycles. The van der Waals surface area contributed by atoms with Crippen LogP contribution in [0.4, 0.5) is 5.69 Å². The van der Waals surface area contributed by atoms with E-state index in [9.17, 15) is 14.7 Å². The number of para-hydroxylation sites is 1. The quantitative estimate of drug-likeness (QED) is 0.310. The van der Waals surface area contributed by atoms with Crippen LogP contribution in [0.1, 0.15) is 78.4 Å². The fourth-order valence-corrected chi connectivity index (χ4v) is 5.48. The van der Waals surface area contributed by atoms with E-state index in [0.717, 1.165) is 16.8 Å². The molecular weight excluding hydrogens is 464 g/mol. The lowest BCUT2D eigenvalue weighted by molar-refractivity contribution is -0.117. The van der Waals surface area contributed by atoms with Gasteiger partial charge in [0, 0.05) is 32.1 Å². The lowest BCUT2D eigenvalue weighted by Crippen LogP contribution is -2.32. The van der Waals surface area contributed by atoms with Crippen molar-refractivity contribution in [2.45, 2.75) is 65.2 Å². The van der Waals surface area contributed by atoms with Crippen LogP contribution in [0.5, 0.6) is 0 Å². The summed E-state index contributed by atoms with van der Waals surface area (Å²) in [5.41, 5.74) is 4.65. The Morgan fingerprint density at radius 1 is 1.03 bits per heavy atom. The molecule has 1 aromatic heterocycles. The molecule has 1 N–H and O–H groups in total. The maximum absolute atomic E-state index is 13.2. The van der Waals surface area contributed by atoms with Gasteiger partial charge in [0.05, 0.1) is 28.2 Å². The van der Waals surface area contributed by atoms with Crippen molar-refractivity contribution in [1.29, 1.82) is 0 Å². The summed E-state index contributed by atoms with van der Waals surface area (Å²) in [5, 5.41) is 15.3. The zero-order chi connectivity index (χ0) is 26.2. The SMILES string of the molecule is Cc1ccccc1N=C1CC(C)(C)CC(=O)C1=C(O)CCc1noc2c1C(=O)CC(c1ccccc1)C2. The Morgan fingerprint density at radius 3 is 2.51 bits per heavy atom. The Morgan fingerprint density at radius 2 is 1.76 bits per heavy atom. The third-order valence-electron chi connectivity index (χ3n) is 7.36. The van der Waals surface area contributed by atoms with Gasteiger partial charge in [-0.2, -0.15) is 0 Å². The van der Waals surface area contributed by atoms with Gasteiger partial charge in [0.2, 0.25) is 0 Å². The molecule has 3 aromatic rings. The van der Waals surface area contributed by atoms with E-state index < -0.39 is 0 Å². The van der Waals surface area contributed by atoms with Crippen molar-refractivity contribution in [3.8, 4) is 0 Å². The standard InChI is InChI=1S/C31H32N2O4/c1-19-9-7-8-12-22(19)32-24-17-31(2,3)18-27(36)29(24)25(34)14-13-23-30-26(35)15-21(16-28(30)37-33-23)20-10-5-4-6-11-20/h4-12,21,34H,13-18H2,1-3H3. The molecule has 0 bridgehead atoms. The number of rotatable bonds is 5. The number of fused-ring (bicyclic) bond motifs is 1. The predicted molar refractivity (Wildman–Crippen MR) is 143 cm³/mol. The molecule has 2 aliphatic rings. The number of carbonyl (C=O) groups excluding carboxylic acids is 2. The first-order valence-corrected chi connectivity index (χ1v) is 12.9. The van der Waals surface area contributed by atoms with Crippen molar-refractivity contribution in [2.24, 2.45) is 10.4 Å². The van der Waals surface area contributed by atoms with Gasteiger partial charge in [-0.05, 0) is 41.9 Å². The minimum atomic E-state index is -0.241. The molecule has 0 amide bonds. The van der Waals surface area contributed by atoms with E-state index in [2.05, 4.69) is 5.16 Å². The lowest BCUT2D eigenvalue weighted by Gasteiger charge is -2.31. The molecule has 1 heterocycles. The number of aryl methyl sites for hydroxylation is 2. The third-order valence-corrected chi connectivity index (χ3v) is 7.36. The van der Waals surface area contributed by atoms with Crippen molar-refractivity contribution in [3.63, 3.8) is 0 Å². The lowest BCUT2D eigenvalue weighted by atomic mass is 9.73. The van der Waals surface area contributed by atoms with Crippen LogP contribution in [-0.4, -0.2) is 27.5 Å². The molecule has 1 fully saturated rings.